The first-order valence-corrected chi connectivity index (χ1v) is 11.3. The molecule has 0 fully saturated rings. The van der Waals surface area contributed by atoms with Crippen molar-refractivity contribution in [3.63, 3.8) is 0 Å². The van der Waals surface area contributed by atoms with Crippen LogP contribution in [0.3, 0.4) is 0 Å². The lowest BCUT2D eigenvalue weighted by Gasteiger charge is -2.30. The summed E-state index contributed by atoms with van der Waals surface area (Å²) in [5.74, 6) is 0.796. The summed E-state index contributed by atoms with van der Waals surface area (Å²) in [6.45, 7) is 3.53. The lowest BCUT2D eigenvalue weighted by molar-refractivity contribution is 0.313. The van der Waals surface area contributed by atoms with Crippen LogP contribution < -0.4 is 19.9 Å². The van der Waals surface area contributed by atoms with Gasteiger partial charge in [0.1, 0.15) is 5.52 Å². The summed E-state index contributed by atoms with van der Waals surface area (Å²) in [6, 6.07) is 9.90. The molecule has 0 aliphatic carbocycles. The Labute approximate surface area is 198 Å². The molecule has 0 amide bonds. The molecule has 0 spiro atoms. The van der Waals surface area contributed by atoms with Crippen molar-refractivity contribution in [2.75, 3.05) is 25.2 Å². The fraction of sp³-hybridized carbons (Fsp3) is 0.261. The Balaban J connectivity index is 1.68. The van der Waals surface area contributed by atoms with Gasteiger partial charge in [0, 0.05) is 23.6 Å². The summed E-state index contributed by atoms with van der Waals surface area (Å²) in [6.07, 6.45) is 3.98. The van der Waals surface area contributed by atoms with Gasteiger partial charge in [-0.05, 0) is 42.7 Å². The van der Waals surface area contributed by atoms with Gasteiger partial charge < -0.3 is 14.4 Å². The van der Waals surface area contributed by atoms with Crippen LogP contribution in [-0.4, -0.2) is 44.8 Å². The Bertz CT molecular complexity index is 1390. The molecule has 33 heavy (non-hydrogen) atoms. The monoisotopic (exact) mass is 508 g/mol. The molecular formula is C23H21BrN6O3. The van der Waals surface area contributed by atoms with Gasteiger partial charge in [-0.1, -0.05) is 22.0 Å². The Morgan fingerprint density at radius 1 is 1.09 bits per heavy atom. The van der Waals surface area contributed by atoms with E-state index in [0.717, 1.165) is 16.5 Å². The van der Waals surface area contributed by atoms with Gasteiger partial charge in [-0.15, -0.1) is 0 Å². The number of hydrogen-bond donors (Lipinski definition) is 0. The normalized spacial score (nSPS) is 13.1. The third kappa shape index (κ3) is 4.02. The maximum absolute atomic E-state index is 13.8. The molecule has 1 aliphatic rings. The van der Waals surface area contributed by atoms with Crippen LogP contribution in [0.1, 0.15) is 18.1 Å². The van der Waals surface area contributed by atoms with Crippen molar-refractivity contribution in [1.29, 1.82) is 0 Å². The predicted molar refractivity (Wildman–Crippen MR) is 127 cm³/mol. The van der Waals surface area contributed by atoms with Crippen molar-refractivity contribution in [3.8, 4) is 17.6 Å². The smallest absolute Gasteiger partial charge is 0.318 e. The van der Waals surface area contributed by atoms with Crippen LogP contribution >= 0.6 is 15.9 Å². The molecule has 4 aromatic rings. The van der Waals surface area contributed by atoms with E-state index < -0.39 is 0 Å². The zero-order valence-corrected chi connectivity index (χ0v) is 19.7. The Morgan fingerprint density at radius 3 is 2.73 bits per heavy atom. The van der Waals surface area contributed by atoms with Crippen molar-refractivity contribution in [2.24, 2.45) is 0 Å². The highest BCUT2D eigenvalue weighted by molar-refractivity contribution is 9.10. The Hall–Kier alpha value is -3.53. The summed E-state index contributed by atoms with van der Waals surface area (Å²) in [5, 5.41) is 0. The highest BCUT2D eigenvalue weighted by Gasteiger charge is 2.24. The maximum atomic E-state index is 13.8. The van der Waals surface area contributed by atoms with E-state index in [4.69, 9.17) is 9.47 Å². The molecule has 0 radical (unpaired) electrons. The zero-order valence-electron chi connectivity index (χ0n) is 18.2. The van der Waals surface area contributed by atoms with E-state index >= 15 is 0 Å². The predicted octanol–water partition coefficient (Wildman–Crippen LogP) is 3.30. The summed E-state index contributed by atoms with van der Waals surface area (Å²) in [5.41, 5.74) is 3.56. The topological polar surface area (TPSA) is 95.3 Å². The molecule has 168 valence electrons. The molecule has 9 nitrogen and oxygen atoms in total. The zero-order chi connectivity index (χ0) is 22.9. The lowest BCUT2D eigenvalue weighted by atomic mass is 10.00. The molecule has 0 saturated carbocycles. The highest BCUT2D eigenvalue weighted by Crippen LogP contribution is 2.26. The first-order valence-electron chi connectivity index (χ1n) is 10.5. The largest absolute Gasteiger partial charge is 0.481 e. The van der Waals surface area contributed by atoms with Gasteiger partial charge in [-0.25, -0.2) is 15.0 Å². The minimum Gasteiger partial charge on any atom is -0.481 e. The molecule has 5 rings (SSSR count). The fourth-order valence-electron chi connectivity index (χ4n) is 3.93. The molecule has 0 unspecified atom stereocenters. The standard InChI is InChI=1S/C23H21BrN6O3/c1-3-33-23-26-12-18-20(28-23)30(17-6-7-19(32-2)25-11-17)22(31)21(27-18)29-9-8-14-4-5-16(24)10-15(14)13-29/h4-7,10-12H,3,8-9,13H2,1-2H3. The van der Waals surface area contributed by atoms with Gasteiger partial charge in [-0.2, -0.15) is 4.98 Å². The molecule has 4 heterocycles. The van der Waals surface area contributed by atoms with Gasteiger partial charge >= 0.3 is 6.01 Å². The van der Waals surface area contributed by atoms with Gasteiger partial charge in [0.05, 0.1) is 31.8 Å². The van der Waals surface area contributed by atoms with Crippen LogP contribution in [0.25, 0.3) is 16.9 Å². The van der Waals surface area contributed by atoms with E-state index in [1.54, 1.807) is 31.6 Å². The van der Waals surface area contributed by atoms with Crippen molar-refractivity contribution in [1.82, 2.24) is 24.5 Å². The second kappa shape index (κ2) is 8.78. The number of ether oxygens (including phenoxy) is 2. The molecular weight excluding hydrogens is 488 g/mol. The quantitative estimate of drug-likeness (QED) is 0.405. The molecule has 1 aliphatic heterocycles. The first kappa shape index (κ1) is 21.3. The second-order valence-electron chi connectivity index (χ2n) is 7.51. The number of hydrogen-bond acceptors (Lipinski definition) is 8. The molecule has 3 aromatic heterocycles. The van der Waals surface area contributed by atoms with Crippen molar-refractivity contribution >= 4 is 32.9 Å². The molecule has 10 heteroatoms. The van der Waals surface area contributed by atoms with E-state index in [-0.39, 0.29) is 11.6 Å². The van der Waals surface area contributed by atoms with Crippen LogP contribution in [0.5, 0.6) is 11.9 Å². The average molecular weight is 509 g/mol. The van der Waals surface area contributed by atoms with E-state index in [2.05, 4.69) is 48.0 Å². The number of pyridine rings is 1. The Morgan fingerprint density at radius 2 is 1.97 bits per heavy atom. The van der Waals surface area contributed by atoms with Gasteiger partial charge in [0.15, 0.2) is 11.5 Å². The minimum absolute atomic E-state index is 0.186. The molecule has 0 saturated heterocycles. The third-order valence-corrected chi connectivity index (χ3v) is 6.00. The van der Waals surface area contributed by atoms with Crippen molar-refractivity contribution in [2.45, 2.75) is 19.9 Å². The number of anilines is 1. The number of rotatable bonds is 5. The summed E-state index contributed by atoms with van der Waals surface area (Å²) in [7, 11) is 1.54. The summed E-state index contributed by atoms with van der Waals surface area (Å²) < 4.78 is 13.1. The van der Waals surface area contributed by atoms with Crippen LogP contribution in [0.4, 0.5) is 5.82 Å². The Kier molecular flexibility index (Phi) is 5.67. The summed E-state index contributed by atoms with van der Waals surface area (Å²) in [4.78, 5) is 33.4. The minimum atomic E-state index is -0.283. The van der Waals surface area contributed by atoms with E-state index in [9.17, 15) is 4.79 Å². The maximum Gasteiger partial charge on any atom is 0.318 e. The van der Waals surface area contributed by atoms with E-state index in [1.807, 2.05) is 17.9 Å². The van der Waals surface area contributed by atoms with Crippen molar-refractivity contribution < 1.29 is 9.47 Å². The third-order valence-electron chi connectivity index (χ3n) is 5.50. The van der Waals surface area contributed by atoms with Gasteiger partial charge in [0.2, 0.25) is 5.88 Å². The summed E-state index contributed by atoms with van der Waals surface area (Å²) >= 11 is 3.54. The van der Waals surface area contributed by atoms with Gasteiger partial charge in [-0.3, -0.25) is 9.36 Å². The number of nitrogens with zero attached hydrogens (tertiary/aromatic N) is 6. The number of benzene rings is 1. The molecule has 0 bridgehead atoms. The van der Waals surface area contributed by atoms with Crippen LogP contribution in [0.15, 0.2) is 52.0 Å². The number of aromatic nitrogens is 5. The van der Waals surface area contributed by atoms with E-state index in [1.165, 1.54) is 10.1 Å². The van der Waals surface area contributed by atoms with Gasteiger partial charge in [0.25, 0.3) is 5.56 Å². The van der Waals surface area contributed by atoms with Crippen LogP contribution in [0, 0.1) is 0 Å². The molecule has 0 N–H and O–H groups in total. The molecule has 0 atom stereocenters. The number of methoxy groups -OCH3 is 1. The SMILES string of the molecule is CCOc1ncc2nc(N3CCc4ccc(Br)cc4C3)c(=O)n(-c3ccc(OC)nc3)c2n1. The first-order chi connectivity index (χ1) is 16.1. The lowest BCUT2D eigenvalue weighted by Crippen LogP contribution is -2.37. The number of fused-ring (bicyclic) bond motifs is 2. The second-order valence-corrected chi connectivity index (χ2v) is 8.43. The van der Waals surface area contributed by atoms with Crippen molar-refractivity contribution in [3.05, 3.63) is 68.7 Å². The van der Waals surface area contributed by atoms with E-state index in [0.29, 0.717) is 48.2 Å². The van der Waals surface area contributed by atoms with Crippen LogP contribution in [-0.2, 0) is 13.0 Å². The van der Waals surface area contributed by atoms with Crippen LogP contribution in [0.2, 0.25) is 0 Å². The average Bonchev–Trinajstić information content (AvgIpc) is 2.83. The molecule has 1 aromatic carbocycles. The number of halogens is 1. The fourth-order valence-corrected chi connectivity index (χ4v) is 4.34. The highest BCUT2D eigenvalue weighted by atomic mass is 79.9.